The molecule has 2 aromatic rings. The fraction of sp³-hybridized carbons (Fsp3) is 0.429. The first-order chi connectivity index (χ1) is 9.06. The number of halogens is 1. The third kappa shape index (κ3) is 3.88. The Hall–Kier alpha value is -1.20. The minimum Gasteiger partial charge on any atom is -0.312 e. The van der Waals surface area contributed by atoms with Crippen molar-refractivity contribution in [3.63, 3.8) is 0 Å². The molecule has 2 aromatic heterocycles. The Kier molecular flexibility index (Phi) is 4.71. The van der Waals surface area contributed by atoms with Crippen molar-refractivity contribution in [1.82, 2.24) is 20.1 Å². The van der Waals surface area contributed by atoms with Crippen LogP contribution in [0.4, 0.5) is 0 Å². The molecular formula is C14H19BrN4. The maximum absolute atomic E-state index is 4.47. The topological polar surface area (TPSA) is 42.7 Å². The Labute approximate surface area is 122 Å². The molecule has 0 radical (unpaired) electrons. The lowest BCUT2D eigenvalue weighted by Crippen LogP contribution is -2.20. The number of hydrogen-bond acceptors (Lipinski definition) is 3. The van der Waals surface area contributed by atoms with Crippen molar-refractivity contribution in [2.75, 3.05) is 6.54 Å². The van der Waals surface area contributed by atoms with Crippen molar-refractivity contribution >= 4 is 15.9 Å². The van der Waals surface area contributed by atoms with Gasteiger partial charge in [0.05, 0.1) is 6.20 Å². The smallest absolute Gasteiger partial charge is 0.157 e. The van der Waals surface area contributed by atoms with Gasteiger partial charge in [0.25, 0.3) is 0 Å². The van der Waals surface area contributed by atoms with E-state index in [1.54, 1.807) is 6.20 Å². The monoisotopic (exact) mass is 322 g/mol. The van der Waals surface area contributed by atoms with E-state index in [-0.39, 0.29) is 0 Å². The molecule has 0 saturated heterocycles. The number of aromatic nitrogens is 3. The van der Waals surface area contributed by atoms with Crippen molar-refractivity contribution in [3.05, 3.63) is 40.3 Å². The first-order valence-corrected chi connectivity index (χ1v) is 7.22. The maximum Gasteiger partial charge on any atom is 0.157 e. The molecule has 2 rings (SSSR count). The third-order valence-electron chi connectivity index (χ3n) is 2.71. The van der Waals surface area contributed by atoms with E-state index >= 15 is 0 Å². The number of rotatable bonds is 5. The first kappa shape index (κ1) is 14.2. The zero-order chi connectivity index (χ0) is 13.8. The molecule has 4 nitrogen and oxygen atoms in total. The van der Waals surface area contributed by atoms with Gasteiger partial charge < -0.3 is 5.32 Å². The summed E-state index contributed by atoms with van der Waals surface area (Å²) in [6, 6.07) is 2.09. The molecule has 0 aliphatic rings. The highest BCUT2D eigenvalue weighted by Crippen LogP contribution is 2.17. The van der Waals surface area contributed by atoms with Gasteiger partial charge in [-0.2, -0.15) is 5.10 Å². The van der Waals surface area contributed by atoms with E-state index < -0.39 is 0 Å². The zero-order valence-corrected chi connectivity index (χ0v) is 13.1. The van der Waals surface area contributed by atoms with E-state index in [4.69, 9.17) is 0 Å². The molecule has 0 atom stereocenters. The number of nitrogens with one attached hydrogen (secondary N) is 1. The van der Waals surface area contributed by atoms with Gasteiger partial charge in [0.1, 0.15) is 0 Å². The number of aryl methyl sites for hydroxylation is 1. The number of nitrogens with zero attached hydrogens (tertiary/aromatic N) is 3. The van der Waals surface area contributed by atoms with Crippen molar-refractivity contribution < 1.29 is 0 Å². The molecule has 5 heteroatoms. The Morgan fingerprint density at radius 1 is 1.37 bits per heavy atom. The fourth-order valence-corrected chi connectivity index (χ4v) is 2.21. The quantitative estimate of drug-likeness (QED) is 0.919. The molecule has 0 amide bonds. The van der Waals surface area contributed by atoms with Crippen molar-refractivity contribution in [1.29, 1.82) is 0 Å². The van der Waals surface area contributed by atoms with E-state index in [0.29, 0.717) is 5.92 Å². The predicted molar refractivity (Wildman–Crippen MR) is 80.3 cm³/mol. The molecule has 0 spiro atoms. The van der Waals surface area contributed by atoms with Gasteiger partial charge in [-0.1, -0.05) is 13.8 Å². The molecule has 0 fully saturated rings. The fourth-order valence-electron chi connectivity index (χ4n) is 1.83. The first-order valence-electron chi connectivity index (χ1n) is 6.43. The summed E-state index contributed by atoms with van der Waals surface area (Å²) < 4.78 is 2.82. The summed E-state index contributed by atoms with van der Waals surface area (Å²) >= 11 is 3.47. The lowest BCUT2D eigenvalue weighted by atomic mass is 10.2. The largest absolute Gasteiger partial charge is 0.312 e. The minimum atomic E-state index is 0.635. The van der Waals surface area contributed by atoms with Crippen LogP contribution in [0.1, 0.15) is 25.0 Å². The highest BCUT2D eigenvalue weighted by atomic mass is 79.9. The van der Waals surface area contributed by atoms with E-state index in [0.717, 1.165) is 34.5 Å². The highest BCUT2D eigenvalue weighted by Gasteiger charge is 2.08. The van der Waals surface area contributed by atoms with Crippen LogP contribution in [0.25, 0.3) is 5.82 Å². The molecule has 0 aromatic carbocycles. The SMILES string of the molecule is Cc1cnn(-c2ncc(Br)cc2CNCC(C)C)c1. The molecule has 0 bridgehead atoms. The van der Waals surface area contributed by atoms with Gasteiger partial charge in [0.15, 0.2) is 5.82 Å². The van der Waals surface area contributed by atoms with Crippen LogP contribution in [0.15, 0.2) is 29.1 Å². The van der Waals surface area contributed by atoms with E-state index in [2.05, 4.69) is 51.2 Å². The maximum atomic E-state index is 4.47. The molecule has 0 unspecified atom stereocenters. The second-order valence-electron chi connectivity index (χ2n) is 5.12. The van der Waals surface area contributed by atoms with Crippen molar-refractivity contribution in [2.24, 2.45) is 5.92 Å². The van der Waals surface area contributed by atoms with Crippen molar-refractivity contribution in [3.8, 4) is 5.82 Å². The van der Waals surface area contributed by atoms with Crippen LogP contribution >= 0.6 is 15.9 Å². The van der Waals surface area contributed by atoms with E-state index in [1.165, 1.54) is 0 Å². The van der Waals surface area contributed by atoms with Gasteiger partial charge in [-0.15, -0.1) is 0 Å². The summed E-state index contributed by atoms with van der Waals surface area (Å²) in [5.41, 5.74) is 2.27. The lowest BCUT2D eigenvalue weighted by Gasteiger charge is -2.11. The Bertz CT molecular complexity index is 548. The van der Waals surface area contributed by atoms with Gasteiger partial charge in [0, 0.05) is 29.0 Å². The number of pyridine rings is 1. The Morgan fingerprint density at radius 2 is 2.16 bits per heavy atom. The summed E-state index contributed by atoms with van der Waals surface area (Å²) in [6.45, 7) is 8.20. The average Bonchev–Trinajstić information content (AvgIpc) is 2.75. The van der Waals surface area contributed by atoms with Crippen LogP contribution in [0, 0.1) is 12.8 Å². The molecule has 102 valence electrons. The lowest BCUT2D eigenvalue weighted by molar-refractivity contribution is 0.550. The van der Waals surface area contributed by atoms with E-state index in [1.807, 2.05) is 24.0 Å². The Balaban J connectivity index is 2.23. The summed E-state index contributed by atoms with van der Waals surface area (Å²) in [4.78, 5) is 4.47. The highest BCUT2D eigenvalue weighted by molar-refractivity contribution is 9.10. The van der Waals surface area contributed by atoms with Crippen molar-refractivity contribution in [2.45, 2.75) is 27.3 Å². The molecule has 0 saturated carbocycles. The standard InChI is InChI=1S/C14H19BrN4/c1-10(2)5-16-7-12-4-13(15)8-17-14(12)19-9-11(3)6-18-19/h4,6,8-10,16H,5,7H2,1-3H3. The zero-order valence-electron chi connectivity index (χ0n) is 11.5. The Morgan fingerprint density at radius 3 is 2.79 bits per heavy atom. The number of hydrogen-bond donors (Lipinski definition) is 1. The van der Waals surface area contributed by atoms with Crippen LogP contribution in [-0.4, -0.2) is 21.3 Å². The van der Waals surface area contributed by atoms with E-state index in [9.17, 15) is 0 Å². The van der Waals surface area contributed by atoms with Gasteiger partial charge >= 0.3 is 0 Å². The molecular weight excluding hydrogens is 304 g/mol. The summed E-state index contributed by atoms with van der Waals surface area (Å²) in [5, 5.41) is 7.77. The third-order valence-corrected chi connectivity index (χ3v) is 3.14. The second-order valence-corrected chi connectivity index (χ2v) is 6.04. The van der Waals surface area contributed by atoms with Crippen LogP contribution < -0.4 is 5.32 Å². The average molecular weight is 323 g/mol. The summed E-state index contributed by atoms with van der Waals surface area (Å²) in [5.74, 6) is 1.52. The van der Waals surface area contributed by atoms with Gasteiger partial charge in [-0.3, -0.25) is 0 Å². The van der Waals surface area contributed by atoms with Crippen LogP contribution in [-0.2, 0) is 6.54 Å². The summed E-state index contributed by atoms with van der Waals surface area (Å²) in [6.07, 6.45) is 5.63. The van der Waals surface area contributed by atoms with Gasteiger partial charge in [-0.05, 0) is 46.9 Å². The predicted octanol–water partition coefficient (Wildman–Crippen LogP) is 3.08. The second kappa shape index (κ2) is 6.30. The van der Waals surface area contributed by atoms with Crippen LogP contribution in [0.5, 0.6) is 0 Å². The van der Waals surface area contributed by atoms with Gasteiger partial charge in [-0.25, -0.2) is 9.67 Å². The minimum absolute atomic E-state index is 0.635. The molecule has 0 aliphatic carbocycles. The van der Waals surface area contributed by atoms with Crippen LogP contribution in [0.3, 0.4) is 0 Å². The normalized spacial score (nSPS) is 11.2. The molecule has 0 aliphatic heterocycles. The molecule has 1 N–H and O–H groups in total. The summed E-state index contributed by atoms with van der Waals surface area (Å²) in [7, 11) is 0. The van der Waals surface area contributed by atoms with Gasteiger partial charge in [0.2, 0.25) is 0 Å². The molecule has 2 heterocycles. The van der Waals surface area contributed by atoms with Crippen LogP contribution in [0.2, 0.25) is 0 Å². The molecule has 19 heavy (non-hydrogen) atoms.